The number of nitrogens with one attached hydrogen (secondary N) is 3. The highest BCUT2D eigenvalue weighted by molar-refractivity contribution is 5.74. The molecule has 76 valence electrons. The molecule has 6 nitrogen and oxygen atoms in total. The largest absolute Gasteiger partial charge is 0.341 e. The maximum absolute atomic E-state index is 11.3. The SMILES string of the molecule is CNC(=O)N1CCc2[nH][nH]c(=O)c2C1. The van der Waals surface area contributed by atoms with E-state index in [1.165, 1.54) is 0 Å². The van der Waals surface area contributed by atoms with E-state index in [1.54, 1.807) is 11.9 Å². The third-order valence-electron chi connectivity index (χ3n) is 2.45. The van der Waals surface area contributed by atoms with E-state index in [1.807, 2.05) is 0 Å². The van der Waals surface area contributed by atoms with Crippen LogP contribution >= 0.6 is 0 Å². The molecule has 1 aliphatic heterocycles. The number of carbonyl (C=O) groups is 1. The fraction of sp³-hybridized carbons (Fsp3) is 0.500. The molecule has 0 saturated carbocycles. The van der Waals surface area contributed by atoms with E-state index < -0.39 is 0 Å². The van der Waals surface area contributed by atoms with Gasteiger partial charge < -0.3 is 15.3 Å². The lowest BCUT2D eigenvalue weighted by Gasteiger charge is -2.25. The zero-order chi connectivity index (χ0) is 10.1. The molecule has 14 heavy (non-hydrogen) atoms. The summed E-state index contributed by atoms with van der Waals surface area (Å²) in [7, 11) is 1.58. The first-order chi connectivity index (χ1) is 6.72. The Balaban J connectivity index is 2.24. The first kappa shape index (κ1) is 8.86. The summed E-state index contributed by atoms with van der Waals surface area (Å²) in [6.45, 7) is 1.02. The summed E-state index contributed by atoms with van der Waals surface area (Å²) in [6, 6.07) is -0.142. The molecule has 1 aromatic rings. The van der Waals surface area contributed by atoms with Gasteiger partial charge in [0.2, 0.25) is 0 Å². The monoisotopic (exact) mass is 196 g/mol. The molecule has 0 unspecified atom stereocenters. The number of rotatable bonds is 0. The lowest BCUT2D eigenvalue weighted by atomic mass is 10.1. The fourth-order valence-electron chi connectivity index (χ4n) is 1.65. The maximum Gasteiger partial charge on any atom is 0.317 e. The van der Waals surface area contributed by atoms with Gasteiger partial charge in [-0.15, -0.1) is 0 Å². The Kier molecular flexibility index (Phi) is 2.03. The van der Waals surface area contributed by atoms with Gasteiger partial charge in [0.25, 0.3) is 5.56 Å². The van der Waals surface area contributed by atoms with Gasteiger partial charge in [-0.05, 0) is 0 Å². The molecule has 2 rings (SSSR count). The molecule has 0 spiro atoms. The summed E-state index contributed by atoms with van der Waals surface area (Å²) < 4.78 is 0. The first-order valence-corrected chi connectivity index (χ1v) is 4.47. The van der Waals surface area contributed by atoms with E-state index in [-0.39, 0.29) is 11.6 Å². The average molecular weight is 196 g/mol. The fourth-order valence-corrected chi connectivity index (χ4v) is 1.65. The van der Waals surface area contributed by atoms with Crippen LogP contribution in [0.3, 0.4) is 0 Å². The van der Waals surface area contributed by atoms with Crippen LogP contribution in [0.4, 0.5) is 4.79 Å². The van der Waals surface area contributed by atoms with Crippen LogP contribution in [0.2, 0.25) is 0 Å². The molecule has 2 amide bonds. The zero-order valence-electron chi connectivity index (χ0n) is 7.89. The lowest BCUT2D eigenvalue weighted by molar-refractivity contribution is 0.194. The Hall–Kier alpha value is -1.72. The van der Waals surface area contributed by atoms with Gasteiger partial charge in [-0.1, -0.05) is 0 Å². The lowest BCUT2D eigenvalue weighted by Crippen LogP contribution is -2.42. The van der Waals surface area contributed by atoms with E-state index in [4.69, 9.17) is 0 Å². The second-order valence-corrected chi connectivity index (χ2v) is 3.26. The van der Waals surface area contributed by atoms with Crippen molar-refractivity contribution >= 4 is 6.03 Å². The van der Waals surface area contributed by atoms with Crippen LogP contribution in [-0.2, 0) is 13.0 Å². The van der Waals surface area contributed by atoms with Gasteiger partial charge in [0.15, 0.2) is 0 Å². The second-order valence-electron chi connectivity index (χ2n) is 3.26. The summed E-state index contributed by atoms with van der Waals surface area (Å²) in [6.07, 6.45) is 0.696. The smallest absolute Gasteiger partial charge is 0.317 e. The van der Waals surface area contributed by atoms with E-state index in [2.05, 4.69) is 15.5 Å². The van der Waals surface area contributed by atoms with Gasteiger partial charge in [0.1, 0.15) is 0 Å². The Bertz CT molecular complexity index is 406. The van der Waals surface area contributed by atoms with Crippen LogP contribution in [0.5, 0.6) is 0 Å². The van der Waals surface area contributed by atoms with Crippen LogP contribution in [0.15, 0.2) is 4.79 Å². The molecule has 0 aromatic carbocycles. The van der Waals surface area contributed by atoms with Crippen molar-refractivity contribution in [2.75, 3.05) is 13.6 Å². The van der Waals surface area contributed by atoms with Crippen molar-refractivity contribution in [2.24, 2.45) is 0 Å². The summed E-state index contributed by atoms with van der Waals surface area (Å²) in [5.74, 6) is 0. The van der Waals surface area contributed by atoms with Crippen molar-refractivity contribution in [3.63, 3.8) is 0 Å². The molecular formula is C8H12N4O2. The van der Waals surface area contributed by atoms with Crippen LogP contribution < -0.4 is 10.9 Å². The third kappa shape index (κ3) is 1.28. The zero-order valence-corrected chi connectivity index (χ0v) is 7.89. The predicted molar refractivity (Wildman–Crippen MR) is 50.0 cm³/mol. The van der Waals surface area contributed by atoms with Gasteiger partial charge in [-0.3, -0.25) is 9.89 Å². The van der Waals surface area contributed by atoms with Crippen molar-refractivity contribution in [2.45, 2.75) is 13.0 Å². The average Bonchev–Trinajstić information content (AvgIpc) is 2.59. The molecule has 3 N–H and O–H groups in total. The molecule has 0 aliphatic carbocycles. The van der Waals surface area contributed by atoms with Gasteiger partial charge >= 0.3 is 6.03 Å². The number of fused-ring (bicyclic) bond motifs is 1. The third-order valence-corrected chi connectivity index (χ3v) is 2.45. The Morgan fingerprint density at radius 1 is 1.50 bits per heavy atom. The number of urea groups is 1. The summed E-state index contributed by atoms with van der Waals surface area (Å²) >= 11 is 0. The van der Waals surface area contributed by atoms with Crippen molar-refractivity contribution in [1.82, 2.24) is 20.4 Å². The van der Waals surface area contributed by atoms with E-state index in [0.29, 0.717) is 25.1 Å². The minimum Gasteiger partial charge on any atom is -0.341 e. The number of aromatic nitrogens is 2. The van der Waals surface area contributed by atoms with Gasteiger partial charge in [0.05, 0.1) is 12.1 Å². The molecule has 6 heteroatoms. The Morgan fingerprint density at radius 3 is 3.00 bits per heavy atom. The number of carbonyl (C=O) groups excluding carboxylic acids is 1. The summed E-state index contributed by atoms with van der Waals surface area (Å²) in [5.41, 5.74) is 1.45. The van der Waals surface area contributed by atoms with Gasteiger partial charge in [-0.25, -0.2) is 4.79 Å². The molecule has 0 fully saturated rings. The molecular weight excluding hydrogens is 184 g/mol. The van der Waals surface area contributed by atoms with E-state index in [0.717, 1.165) is 5.69 Å². The van der Waals surface area contributed by atoms with Crippen molar-refractivity contribution in [3.8, 4) is 0 Å². The summed E-state index contributed by atoms with van der Waals surface area (Å²) in [4.78, 5) is 24.2. The summed E-state index contributed by atoms with van der Waals surface area (Å²) in [5, 5.41) is 7.87. The molecule has 1 aromatic heterocycles. The molecule has 1 aliphatic rings. The minimum absolute atomic E-state index is 0.131. The van der Waals surface area contributed by atoms with E-state index >= 15 is 0 Å². The highest BCUT2D eigenvalue weighted by atomic mass is 16.2. The van der Waals surface area contributed by atoms with Gasteiger partial charge in [0, 0.05) is 25.7 Å². The normalized spacial score (nSPS) is 15.1. The number of hydrogen-bond donors (Lipinski definition) is 3. The molecule has 0 radical (unpaired) electrons. The minimum atomic E-state index is -0.142. The van der Waals surface area contributed by atoms with Crippen LogP contribution in [0.25, 0.3) is 0 Å². The van der Waals surface area contributed by atoms with Crippen molar-refractivity contribution in [1.29, 1.82) is 0 Å². The Labute approximate surface area is 80.3 Å². The van der Waals surface area contributed by atoms with Crippen LogP contribution in [-0.4, -0.2) is 34.7 Å². The first-order valence-electron chi connectivity index (χ1n) is 4.47. The number of nitrogens with zero attached hydrogens (tertiary/aromatic N) is 1. The predicted octanol–water partition coefficient (Wildman–Crippen LogP) is -0.600. The van der Waals surface area contributed by atoms with Crippen molar-refractivity contribution < 1.29 is 4.79 Å². The Morgan fingerprint density at radius 2 is 2.29 bits per heavy atom. The van der Waals surface area contributed by atoms with Crippen molar-refractivity contribution in [3.05, 3.63) is 21.6 Å². The van der Waals surface area contributed by atoms with E-state index in [9.17, 15) is 9.59 Å². The second kappa shape index (κ2) is 3.21. The molecule has 0 saturated heterocycles. The van der Waals surface area contributed by atoms with Crippen LogP contribution in [0.1, 0.15) is 11.3 Å². The quantitative estimate of drug-likeness (QED) is 0.518. The topological polar surface area (TPSA) is 81.0 Å². The number of aromatic amines is 2. The number of H-pyrrole nitrogens is 2. The molecule has 0 atom stereocenters. The van der Waals surface area contributed by atoms with Crippen LogP contribution in [0, 0.1) is 0 Å². The number of amides is 2. The number of hydrogen-bond acceptors (Lipinski definition) is 2. The highest BCUT2D eigenvalue weighted by Crippen LogP contribution is 2.12. The molecule has 2 heterocycles. The maximum atomic E-state index is 11.3. The standard InChI is InChI=1S/C8H12N4O2/c1-9-8(14)12-3-2-6-5(4-12)7(13)11-10-6/h2-4H2,1H3,(H,9,14)(H2,10,11,13). The molecule has 0 bridgehead atoms. The highest BCUT2D eigenvalue weighted by Gasteiger charge is 2.22. The van der Waals surface area contributed by atoms with Gasteiger partial charge in [-0.2, -0.15) is 0 Å².